The number of sulfone groups is 1. The quantitative estimate of drug-likeness (QED) is 0.503. The Kier molecular flexibility index (Phi) is 8.59. The van der Waals surface area contributed by atoms with Crippen LogP contribution in [0.2, 0.25) is 0 Å². The van der Waals surface area contributed by atoms with Gasteiger partial charge in [0.1, 0.15) is 5.75 Å². The molecule has 1 aliphatic heterocycles. The Bertz CT molecular complexity index is 1060. The number of ether oxygens (including phenoxy) is 1. The maximum Gasteiger partial charge on any atom is 0.452 e. The van der Waals surface area contributed by atoms with Gasteiger partial charge in [0.25, 0.3) is 11.7 Å². The van der Waals surface area contributed by atoms with E-state index in [1.54, 1.807) is 24.3 Å². The van der Waals surface area contributed by atoms with E-state index in [-0.39, 0.29) is 6.42 Å². The lowest BCUT2D eigenvalue weighted by Gasteiger charge is -2.35. The van der Waals surface area contributed by atoms with Gasteiger partial charge in [-0.25, -0.2) is 8.42 Å². The van der Waals surface area contributed by atoms with E-state index in [1.165, 1.54) is 27.9 Å². The van der Waals surface area contributed by atoms with Gasteiger partial charge in [0, 0.05) is 19.4 Å². The molecule has 0 aliphatic carbocycles. The number of methoxy groups -OCH3 is 1. The molecule has 35 heavy (non-hydrogen) atoms. The molecule has 1 aromatic carbocycles. The molecule has 9 nitrogen and oxygen atoms in total. The van der Waals surface area contributed by atoms with E-state index >= 15 is 0 Å². The van der Waals surface area contributed by atoms with Crippen LogP contribution in [0.4, 0.5) is 13.2 Å². The smallest absolute Gasteiger partial charge is 0.452 e. The highest BCUT2D eigenvalue weighted by atomic mass is 32.2. The van der Waals surface area contributed by atoms with E-state index in [0.29, 0.717) is 11.3 Å². The van der Waals surface area contributed by atoms with Crippen molar-refractivity contribution in [3.8, 4) is 5.75 Å². The number of likely N-dealkylation sites (tertiary alicyclic amines) is 1. The summed E-state index contributed by atoms with van der Waals surface area (Å²) in [6, 6.07) is 4.32. The molecule has 0 radical (unpaired) electrons. The number of hydrogen-bond acceptors (Lipinski definition) is 7. The first kappa shape index (κ1) is 28.6. The molecule has 1 aromatic rings. The van der Waals surface area contributed by atoms with Crippen LogP contribution in [0.15, 0.2) is 24.3 Å². The fourth-order valence-electron chi connectivity index (χ4n) is 3.91. The zero-order chi connectivity index (χ0) is 26.8. The van der Waals surface area contributed by atoms with Gasteiger partial charge in [-0.3, -0.25) is 14.4 Å². The summed E-state index contributed by atoms with van der Waals surface area (Å²) in [6.45, 7) is 3.69. The topological polar surface area (TPSA) is 136 Å². The van der Waals surface area contributed by atoms with Crippen molar-refractivity contribution in [2.45, 2.75) is 62.5 Å². The fourth-order valence-corrected chi connectivity index (χ4v) is 5.69. The van der Waals surface area contributed by atoms with Crippen LogP contribution in [0.25, 0.3) is 0 Å². The molecule has 3 atom stereocenters. The SMILES string of the molecule is CCC(=O)N1CC(S(=O)(=O)Cc2ccc(OC)cc2)CC1(N)C(=O)N[C@H](C(=O)C(F)(F)F)C(C)C. The number of halogens is 3. The average Bonchev–Trinajstić information content (AvgIpc) is 3.15. The third-order valence-electron chi connectivity index (χ3n) is 5.95. The summed E-state index contributed by atoms with van der Waals surface area (Å²) in [6.07, 6.45) is -5.86. The molecule has 1 saturated heterocycles. The standard InChI is InChI=1S/C22H30F3N3O6S/c1-5-17(29)28-11-16(35(32,33)12-14-6-8-15(34-4)9-7-14)10-21(28,26)20(31)27-18(13(2)3)19(30)22(23,24)25/h6-9,13,16,18H,5,10-12,26H2,1-4H3,(H,27,31)/t16?,18-,21?/m0/s1. The Balaban J connectivity index is 2.34. The van der Waals surface area contributed by atoms with Crippen LogP contribution in [0.5, 0.6) is 5.75 Å². The van der Waals surface area contributed by atoms with E-state index in [9.17, 15) is 36.0 Å². The molecule has 3 N–H and O–H groups in total. The van der Waals surface area contributed by atoms with Crippen molar-refractivity contribution in [3.63, 3.8) is 0 Å². The van der Waals surface area contributed by atoms with Crippen LogP contribution in [0.3, 0.4) is 0 Å². The number of benzene rings is 1. The number of ketones is 1. The van der Waals surface area contributed by atoms with E-state index in [4.69, 9.17) is 10.5 Å². The highest BCUT2D eigenvalue weighted by Crippen LogP contribution is 2.32. The maximum absolute atomic E-state index is 13.1. The summed E-state index contributed by atoms with van der Waals surface area (Å²) in [4.78, 5) is 38.4. The number of amides is 2. The molecule has 1 aliphatic rings. The molecule has 2 rings (SSSR count). The van der Waals surface area contributed by atoms with E-state index in [1.807, 2.05) is 5.32 Å². The number of carbonyl (C=O) groups excluding carboxylic acids is 3. The predicted molar refractivity (Wildman–Crippen MR) is 121 cm³/mol. The van der Waals surface area contributed by atoms with Crippen LogP contribution >= 0.6 is 0 Å². The summed E-state index contributed by atoms with van der Waals surface area (Å²) in [5.74, 6) is -4.86. The zero-order valence-corrected chi connectivity index (χ0v) is 20.7. The van der Waals surface area contributed by atoms with Crippen molar-refractivity contribution in [2.75, 3.05) is 13.7 Å². The number of nitrogens with two attached hydrogens (primary N) is 1. The van der Waals surface area contributed by atoms with Gasteiger partial charge in [-0.1, -0.05) is 32.9 Å². The lowest BCUT2D eigenvalue weighted by molar-refractivity contribution is -0.175. The normalized spacial score (nSPS) is 21.6. The first-order valence-corrected chi connectivity index (χ1v) is 12.6. The van der Waals surface area contributed by atoms with Gasteiger partial charge in [0.05, 0.1) is 24.2 Å². The predicted octanol–water partition coefficient (Wildman–Crippen LogP) is 1.55. The number of alkyl halides is 3. The lowest BCUT2D eigenvalue weighted by Crippen LogP contribution is -2.66. The van der Waals surface area contributed by atoms with E-state index < -0.39 is 75.2 Å². The van der Waals surface area contributed by atoms with Gasteiger partial charge >= 0.3 is 6.18 Å². The van der Waals surface area contributed by atoms with Gasteiger partial charge in [0.2, 0.25) is 5.91 Å². The maximum atomic E-state index is 13.1. The monoisotopic (exact) mass is 521 g/mol. The molecular weight excluding hydrogens is 491 g/mol. The Morgan fingerprint density at radius 1 is 1.23 bits per heavy atom. The number of hydrogen-bond donors (Lipinski definition) is 2. The van der Waals surface area contributed by atoms with E-state index in [2.05, 4.69) is 0 Å². The second-order valence-electron chi connectivity index (χ2n) is 8.82. The summed E-state index contributed by atoms with van der Waals surface area (Å²) in [5.41, 5.74) is 4.41. The summed E-state index contributed by atoms with van der Waals surface area (Å²) in [7, 11) is -2.48. The van der Waals surface area contributed by atoms with Crippen molar-refractivity contribution >= 4 is 27.4 Å². The molecule has 1 heterocycles. The van der Waals surface area contributed by atoms with Crippen molar-refractivity contribution in [3.05, 3.63) is 29.8 Å². The molecule has 0 aromatic heterocycles. The van der Waals surface area contributed by atoms with E-state index in [0.717, 1.165) is 4.90 Å². The molecule has 2 amide bonds. The third-order valence-corrected chi connectivity index (χ3v) is 8.02. The van der Waals surface area contributed by atoms with Gasteiger partial charge in [0.15, 0.2) is 15.5 Å². The Labute approximate surface area is 202 Å². The summed E-state index contributed by atoms with van der Waals surface area (Å²) < 4.78 is 70.4. The number of nitrogens with one attached hydrogen (secondary N) is 1. The summed E-state index contributed by atoms with van der Waals surface area (Å²) >= 11 is 0. The van der Waals surface area contributed by atoms with Crippen LogP contribution in [0, 0.1) is 5.92 Å². The van der Waals surface area contributed by atoms with Crippen LogP contribution in [0.1, 0.15) is 39.2 Å². The second-order valence-corrected chi connectivity index (χ2v) is 11.1. The van der Waals surface area contributed by atoms with Crippen molar-refractivity contribution in [2.24, 2.45) is 11.7 Å². The van der Waals surface area contributed by atoms with Gasteiger partial charge in [-0.2, -0.15) is 13.2 Å². The molecule has 0 saturated carbocycles. The minimum Gasteiger partial charge on any atom is -0.497 e. The third kappa shape index (κ3) is 6.31. The Hall–Kier alpha value is -2.67. The highest BCUT2D eigenvalue weighted by Gasteiger charge is 2.55. The van der Waals surface area contributed by atoms with Crippen molar-refractivity contribution < 1.29 is 40.7 Å². The molecule has 2 unspecified atom stereocenters. The first-order chi connectivity index (χ1) is 16.1. The Morgan fingerprint density at radius 2 is 1.80 bits per heavy atom. The molecule has 0 bridgehead atoms. The lowest BCUT2D eigenvalue weighted by atomic mass is 9.97. The first-order valence-electron chi connectivity index (χ1n) is 10.9. The molecule has 1 fully saturated rings. The van der Waals surface area contributed by atoms with Gasteiger partial charge in [-0.05, 0) is 23.6 Å². The second kappa shape index (κ2) is 10.5. The Morgan fingerprint density at radius 3 is 2.26 bits per heavy atom. The minimum atomic E-state index is -5.21. The van der Waals surface area contributed by atoms with Crippen LogP contribution in [-0.2, 0) is 30.0 Å². The minimum absolute atomic E-state index is 0.118. The fraction of sp³-hybridized carbons (Fsp3) is 0.591. The molecule has 13 heteroatoms. The van der Waals surface area contributed by atoms with Crippen molar-refractivity contribution in [1.29, 1.82) is 0 Å². The zero-order valence-electron chi connectivity index (χ0n) is 19.9. The highest BCUT2D eigenvalue weighted by molar-refractivity contribution is 7.91. The van der Waals surface area contributed by atoms with Gasteiger partial charge in [-0.15, -0.1) is 0 Å². The average molecular weight is 522 g/mol. The summed E-state index contributed by atoms with van der Waals surface area (Å²) in [5, 5.41) is 0.769. The molecular formula is C22H30F3N3O6S. The van der Waals surface area contributed by atoms with Gasteiger partial charge < -0.3 is 20.7 Å². The number of carbonyl (C=O) groups is 3. The largest absolute Gasteiger partial charge is 0.497 e. The number of nitrogens with zero attached hydrogens (tertiary/aromatic N) is 1. The number of Topliss-reactive ketones (excluding diaryl/α,β-unsaturated/α-hetero) is 1. The van der Waals surface area contributed by atoms with Crippen molar-refractivity contribution in [1.82, 2.24) is 10.2 Å². The molecule has 196 valence electrons. The van der Waals surface area contributed by atoms with Crippen LogP contribution in [-0.4, -0.2) is 67.7 Å². The number of rotatable bonds is 9. The van der Waals surface area contributed by atoms with Crippen LogP contribution < -0.4 is 15.8 Å². The molecule has 0 spiro atoms.